The van der Waals surface area contributed by atoms with E-state index in [0.29, 0.717) is 31.8 Å². The molecule has 0 aliphatic heterocycles. The lowest BCUT2D eigenvalue weighted by molar-refractivity contribution is -0.136. The van der Waals surface area contributed by atoms with Gasteiger partial charge in [0.2, 0.25) is 17.7 Å². The number of carbonyl (C=O) groups is 3. The molecule has 0 unspecified atom stereocenters. The number of amides is 3. The summed E-state index contributed by atoms with van der Waals surface area (Å²) in [5, 5.41) is 30.1. The maximum atomic E-state index is 13.6. The predicted molar refractivity (Wildman–Crippen MR) is 170 cm³/mol. The molecule has 0 heterocycles. The third kappa shape index (κ3) is 12.9. The molecule has 1 aromatic carbocycles. The molecule has 43 heavy (non-hydrogen) atoms. The van der Waals surface area contributed by atoms with Crippen LogP contribution in [0.3, 0.4) is 0 Å². The molecule has 0 spiro atoms. The van der Waals surface area contributed by atoms with Gasteiger partial charge in [-0.25, -0.2) is 0 Å². The number of nitrogens with zero attached hydrogens (tertiary/aromatic N) is 1. The zero-order valence-corrected chi connectivity index (χ0v) is 26.0. The fourth-order valence-electron chi connectivity index (χ4n) is 5.54. The summed E-state index contributed by atoms with van der Waals surface area (Å²) < 4.78 is 0. The van der Waals surface area contributed by atoms with E-state index in [1.807, 2.05) is 30.3 Å². The molecule has 0 bridgehead atoms. The molecule has 1 aromatic rings. The Morgan fingerprint density at radius 3 is 2.42 bits per heavy atom. The summed E-state index contributed by atoms with van der Waals surface area (Å²) in [6.45, 7) is 7.68. The van der Waals surface area contributed by atoms with Gasteiger partial charge in [0, 0.05) is 33.0 Å². The van der Waals surface area contributed by atoms with Gasteiger partial charge in [0.15, 0.2) is 0 Å². The van der Waals surface area contributed by atoms with Gasteiger partial charge in [0.1, 0.15) is 12.1 Å². The molecule has 3 amide bonds. The Morgan fingerprint density at radius 2 is 1.79 bits per heavy atom. The van der Waals surface area contributed by atoms with Crippen LogP contribution in [0.1, 0.15) is 70.3 Å². The molecule has 1 fully saturated rings. The van der Waals surface area contributed by atoms with Gasteiger partial charge in [-0.15, -0.1) is 18.9 Å². The van der Waals surface area contributed by atoms with E-state index in [-0.39, 0.29) is 18.7 Å². The summed E-state index contributed by atoms with van der Waals surface area (Å²) in [7, 11) is 1.72. The Bertz CT molecular complexity index is 1040. The zero-order chi connectivity index (χ0) is 31.6. The van der Waals surface area contributed by atoms with Gasteiger partial charge in [-0.05, 0) is 37.3 Å². The Morgan fingerprint density at radius 1 is 1.09 bits per heavy atom. The highest BCUT2D eigenvalue weighted by atomic mass is 16.3. The third-order valence-corrected chi connectivity index (χ3v) is 8.19. The van der Waals surface area contributed by atoms with Crippen LogP contribution in [-0.2, 0) is 20.8 Å². The number of aliphatic hydroxyl groups excluding tert-OH is 2. The monoisotopic (exact) mass is 596 g/mol. The van der Waals surface area contributed by atoms with Gasteiger partial charge in [0.05, 0.1) is 18.1 Å². The van der Waals surface area contributed by atoms with Crippen molar-refractivity contribution in [3.8, 4) is 12.3 Å². The van der Waals surface area contributed by atoms with Gasteiger partial charge >= 0.3 is 0 Å². The normalized spacial score (nSPS) is 17.0. The Hall–Kier alpha value is -3.19. The van der Waals surface area contributed by atoms with Crippen LogP contribution in [0, 0.1) is 24.2 Å². The lowest BCUT2D eigenvalue weighted by Crippen LogP contribution is -2.55. The fourth-order valence-corrected chi connectivity index (χ4v) is 5.54. The quantitative estimate of drug-likeness (QED) is 0.0948. The SMILES string of the molecule is C#CC[C@H](NC(=O)[C@@H](CC(=O)N(C)CCNCCC)Cc1ccccc1)C(=O)N[C@@H](CC1CCCCC1)[C@@H](O)[C@@H](O)C=C. The van der Waals surface area contributed by atoms with Crippen LogP contribution in [0.4, 0.5) is 0 Å². The minimum atomic E-state index is -1.25. The summed E-state index contributed by atoms with van der Waals surface area (Å²) in [4.78, 5) is 41.9. The van der Waals surface area contributed by atoms with E-state index in [4.69, 9.17) is 6.42 Å². The molecule has 1 saturated carbocycles. The molecule has 9 heteroatoms. The third-order valence-electron chi connectivity index (χ3n) is 8.19. The number of hydrogen-bond acceptors (Lipinski definition) is 6. The highest BCUT2D eigenvalue weighted by molar-refractivity contribution is 5.91. The Balaban J connectivity index is 2.17. The second-order valence-electron chi connectivity index (χ2n) is 11.7. The van der Waals surface area contributed by atoms with E-state index >= 15 is 0 Å². The molecular weight excluding hydrogens is 544 g/mol. The number of carbonyl (C=O) groups excluding carboxylic acids is 3. The molecule has 0 saturated heterocycles. The maximum Gasteiger partial charge on any atom is 0.243 e. The number of nitrogens with one attached hydrogen (secondary N) is 3. The van der Waals surface area contributed by atoms with Crippen LogP contribution >= 0.6 is 0 Å². The van der Waals surface area contributed by atoms with Crippen LogP contribution in [0.25, 0.3) is 0 Å². The second kappa shape index (κ2) is 19.9. The molecule has 0 aromatic heterocycles. The summed E-state index contributed by atoms with van der Waals surface area (Å²) in [6, 6.07) is 7.63. The molecule has 1 aliphatic carbocycles. The number of terminal acetylenes is 1. The summed E-state index contributed by atoms with van der Waals surface area (Å²) in [6.07, 6.45) is 11.4. The summed E-state index contributed by atoms with van der Waals surface area (Å²) in [5.74, 6) is 0.907. The standard InChI is InChI=1S/C34H52N4O5/c1-5-14-28(34(43)37-29(32(41)30(39)7-3)23-26-17-12-9-13-18-26)36-33(42)27(22-25-15-10-8-11-16-25)24-31(40)38(4)21-20-35-19-6-2/h1,7-8,10-11,15-16,26-30,32,35,39,41H,3,6,9,12-14,17-24H2,2,4H3,(H,36,42)(H,37,43)/t27-,28+,29+,30+,32-/m1/s1. The Kier molecular flexibility index (Phi) is 16.7. The van der Waals surface area contributed by atoms with Crippen LogP contribution in [0.15, 0.2) is 43.0 Å². The van der Waals surface area contributed by atoms with Gasteiger partial charge in [0.25, 0.3) is 0 Å². The summed E-state index contributed by atoms with van der Waals surface area (Å²) >= 11 is 0. The van der Waals surface area contributed by atoms with Crippen molar-refractivity contribution in [3.05, 3.63) is 48.6 Å². The van der Waals surface area contributed by atoms with E-state index in [1.165, 1.54) is 12.5 Å². The van der Waals surface area contributed by atoms with Crippen molar-refractivity contribution >= 4 is 17.7 Å². The van der Waals surface area contributed by atoms with Crippen LogP contribution < -0.4 is 16.0 Å². The second-order valence-corrected chi connectivity index (χ2v) is 11.7. The molecule has 1 aliphatic rings. The van der Waals surface area contributed by atoms with Crippen molar-refractivity contribution in [1.29, 1.82) is 0 Å². The first-order valence-corrected chi connectivity index (χ1v) is 15.7. The number of aliphatic hydroxyl groups is 2. The first kappa shape index (κ1) is 36.0. The molecule has 5 atom stereocenters. The Labute approximate surface area is 257 Å². The van der Waals surface area contributed by atoms with E-state index < -0.39 is 42.0 Å². The first-order chi connectivity index (χ1) is 20.7. The lowest BCUT2D eigenvalue weighted by Gasteiger charge is -2.32. The van der Waals surface area contributed by atoms with Crippen molar-refractivity contribution < 1.29 is 24.6 Å². The number of benzene rings is 1. The molecular formula is C34H52N4O5. The zero-order valence-electron chi connectivity index (χ0n) is 26.0. The average Bonchev–Trinajstić information content (AvgIpc) is 3.02. The van der Waals surface area contributed by atoms with Crippen molar-refractivity contribution in [1.82, 2.24) is 20.9 Å². The molecule has 9 nitrogen and oxygen atoms in total. The highest BCUT2D eigenvalue weighted by Crippen LogP contribution is 2.28. The number of hydrogen-bond donors (Lipinski definition) is 5. The van der Waals surface area contributed by atoms with Gasteiger partial charge in [-0.2, -0.15) is 0 Å². The van der Waals surface area contributed by atoms with Crippen LogP contribution in [0.2, 0.25) is 0 Å². The number of likely N-dealkylation sites (N-methyl/N-ethyl adjacent to an activating group) is 1. The van der Waals surface area contributed by atoms with E-state index in [2.05, 4.69) is 35.4 Å². The molecule has 2 rings (SSSR count). The first-order valence-electron chi connectivity index (χ1n) is 15.7. The van der Waals surface area contributed by atoms with Gasteiger partial charge in [-0.1, -0.05) is 75.4 Å². The number of rotatable bonds is 19. The van der Waals surface area contributed by atoms with Crippen molar-refractivity contribution in [3.63, 3.8) is 0 Å². The lowest BCUT2D eigenvalue weighted by atomic mass is 9.83. The van der Waals surface area contributed by atoms with E-state index in [9.17, 15) is 24.6 Å². The molecule has 5 N–H and O–H groups in total. The topological polar surface area (TPSA) is 131 Å². The molecule has 0 radical (unpaired) electrons. The van der Waals surface area contributed by atoms with E-state index in [0.717, 1.165) is 44.2 Å². The van der Waals surface area contributed by atoms with Gasteiger partial charge < -0.3 is 31.1 Å². The fraction of sp³-hybridized carbons (Fsp3) is 0.618. The maximum absolute atomic E-state index is 13.6. The minimum Gasteiger partial charge on any atom is -0.388 e. The van der Waals surface area contributed by atoms with Crippen molar-refractivity contribution in [2.75, 3.05) is 26.7 Å². The van der Waals surface area contributed by atoms with Crippen LogP contribution in [-0.4, -0.2) is 83.8 Å². The summed E-state index contributed by atoms with van der Waals surface area (Å²) in [5.41, 5.74) is 0.898. The van der Waals surface area contributed by atoms with Crippen LogP contribution in [0.5, 0.6) is 0 Å². The molecule has 238 valence electrons. The average molecular weight is 597 g/mol. The smallest absolute Gasteiger partial charge is 0.243 e. The van der Waals surface area contributed by atoms with Gasteiger partial charge in [-0.3, -0.25) is 14.4 Å². The van der Waals surface area contributed by atoms with Crippen molar-refractivity contribution in [2.45, 2.75) is 95.4 Å². The minimum absolute atomic E-state index is 0.0239. The highest BCUT2D eigenvalue weighted by Gasteiger charge is 2.33. The predicted octanol–water partition coefficient (Wildman–Crippen LogP) is 2.56. The van der Waals surface area contributed by atoms with E-state index in [1.54, 1.807) is 11.9 Å². The van der Waals surface area contributed by atoms with Crippen molar-refractivity contribution in [2.24, 2.45) is 11.8 Å². The largest absolute Gasteiger partial charge is 0.388 e.